The summed E-state index contributed by atoms with van der Waals surface area (Å²) in [7, 11) is 5.30. The van der Waals surface area contributed by atoms with Crippen molar-refractivity contribution in [2.75, 3.05) is 25.0 Å². The molecule has 0 atom stereocenters. The smallest absolute Gasteiger partial charge is 0.317 e. The molecule has 0 radical (unpaired) electrons. The Labute approximate surface area is 224 Å². The first-order valence-electron chi connectivity index (χ1n) is 13.5. The van der Waals surface area contributed by atoms with E-state index in [2.05, 4.69) is 24.3 Å². The molecule has 0 spiro atoms. The van der Waals surface area contributed by atoms with Gasteiger partial charge in [0.15, 0.2) is 5.82 Å². The number of nitrogens with one attached hydrogen (secondary N) is 1. The molecule has 0 fully saturated rings. The standard InChI is InChI=1S/C23H27F2N7O.C3H8.C2H6/c1-26-23(33)31-8-6-19-18(13-31)22(28-30(19)3)32-7-4-5-14-9-16(15-11-27-29(2)12-15)17(21(24)25)10-20(14)32;1-3-2;1-2/h9-12,21H,4-8,13H2,1-3H3,(H,26,33);3H2,1-2H3;1-2H3. The third-order valence-electron chi connectivity index (χ3n) is 6.60. The summed E-state index contributed by atoms with van der Waals surface area (Å²) in [5, 5.41) is 11.6. The Balaban J connectivity index is 0.000000748. The molecule has 0 saturated carbocycles. The maximum Gasteiger partial charge on any atom is 0.317 e. The van der Waals surface area contributed by atoms with E-state index in [1.807, 2.05) is 36.5 Å². The molecule has 38 heavy (non-hydrogen) atoms. The summed E-state index contributed by atoms with van der Waals surface area (Å²) in [6.45, 7) is 10.00. The Morgan fingerprint density at radius 3 is 2.45 bits per heavy atom. The van der Waals surface area contributed by atoms with Crippen LogP contribution in [0.4, 0.5) is 25.1 Å². The number of benzene rings is 1. The van der Waals surface area contributed by atoms with Crippen LogP contribution < -0.4 is 10.2 Å². The van der Waals surface area contributed by atoms with Gasteiger partial charge >= 0.3 is 6.03 Å². The van der Waals surface area contributed by atoms with Crippen molar-refractivity contribution in [1.82, 2.24) is 29.8 Å². The van der Waals surface area contributed by atoms with Gasteiger partial charge in [-0.15, -0.1) is 0 Å². The van der Waals surface area contributed by atoms with Crippen LogP contribution >= 0.6 is 0 Å². The molecule has 1 aromatic carbocycles. The van der Waals surface area contributed by atoms with Crippen LogP contribution in [0.5, 0.6) is 0 Å². The van der Waals surface area contributed by atoms with Gasteiger partial charge in [-0.2, -0.15) is 10.2 Å². The number of nitrogens with zero attached hydrogens (tertiary/aromatic N) is 6. The van der Waals surface area contributed by atoms with Gasteiger partial charge in [-0.05, 0) is 36.1 Å². The van der Waals surface area contributed by atoms with Crippen LogP contribution in [0.3, 0.4) is 0 Å². The highest BCUT2D eigenvalue weighted by atomic mass is 19.3. The molecule has 0 bridgehead atoms. The fraction of sp³-hybridized carbons (Fsp3) is 0.536. The van der Waals surface area contributed by atoms with Crippen molar-refractivity contribution < 1.29 is 13.6 Å². The van der Waals surface area contributed by atoms with E-state index in [1.54, 1.807) is 42.1 Å². The zero-order valence-electron chi connectivity index (χ0n) is 23.7. The predicted octanol–water partition coefficient (Wildman–Crippen LogP) is 5.98. The third kappa shape index (κ3) is 5.84. The number of halogens is 2. The highest BCUT2D eigenvalue weighted by Crippen LogP contribution is 2.42. The monoisotopic (exact) mass is 529 g/mol. The van der Waals surface area contributed by atoms with Crippen molar-refractivity contribution in [2.24, 2.45) is 14.1 Å². The number of aromatic nitrogens is 4. The maximum absolute atomic E-state index is 14.2. The average molecular weight is 530 g/mol. The van der Waals surface area contributed by atoms with Gasteiger partial charge in [-0.3, -0.25) is 9.36 Å². The quantitative estimate of drug-likeness (QED) is 0.453. The van der Waals surface area contributed by atoms with Crippen molar-refractivity contribution in [2.45, 2.75) is 66.3 Å². The van der Waals surface area contributed by atoms with Crippen LogP contribution in [0.15, 0.2) is 24.5 Å². The minimum Gasteiger partial charge on any atom is -0.341 e. The molecule has 1 N–H and O–H groups in total. The molecule has 208 valence electrons. The topological polar surface area (TPSA) is 71.2 Å². The Morgan fingerprint density at radius 1 is 1.13 bits per heavy atom. The van der Waals surface area contributed by atoms with Crippen LogP contribution in [0, 0.1) is 0 Å². The van der Waals surface area contributed by atoms with Crippen LogP contribution in [-0.2, 0) is 33.5 Å². The molecular formula is C28H41F2N7O. The third-order valence-corrected chi connectivity index (χ3v) is 6.60. The van der Waals surface area contributed by atoms with Crippen molar-refractivity contribution in [3.8, 4) is 11.1 Å². The Bertz CT molecular complexity index is 1230. The predicted molar refractivity (Wildman–Crippen MR) is 148 cm³/mol. The van der Waals surface area contributed by atoms with Crippen LogP contribution in [0.1, 0.15) is 69.3 Å². The SMILES string of the molecule is CC.CCC.CNC(=O)N1CCc2c(c(N3CCCc4cc(-c5cnn(C)c5)c(C(F)F)cc43)nn2C)C1. The van der Waals surface area contributed by atoms with Gasteiger partial charge in [-0.25, -0.2) is 13.6 Å². The number of alkyl halides is 2. The summed E-state index contributed by atoms with van der Waals surface area (Å²) in [5.74, 6) is 0.747. The second-order valence-corrected chi connectivity index (χ2v) is 9.33. The van der Waals surface area contributed by atoms with Crippen molar-refractivity contribution in [3.63, 3.8) is 0 Å². The van der Waals surface area contributed by atoms with Crippen LogP contribution in [0.2, 0.25) is 0 Å². The zero-order valence-corrected chi connectivity index (χ0v) is 23.7. The number of carbonyl (C=O) groups excluding carboxylic acids is 1. The molecule has 5 rings (SSSR count). The lowest BCUT2D eigenvalue weighted by Gasteiger charge is -2.33. The van der Waals surface area contributed by atoms with Gasteiger partial charge < -0.3 is 15.1 Å². The first-order chi connectivity index (χ1) is 18.3. The molecule has 10 heteroatoms. The molecule has 8 nitrogen and oxygen atoms in total. The second-order valence-electron chi connectivity index (χ2n) is 9.33. The van der Waals surface area contributed by atoms with Crippen molar-refractivity contribution in [3.05, 3.63) is 46.9 Å². The van der Waals surface area contributed by atoms with Crippen molar-refractivity contribution >= 4 is 17.5 Å². The van der Waals surface area contributed by atoms with E-state index in [0.717, 1.165) is 41.2 Å². The minimum atomic E-state index is -2.62. The summed E-state index contributed by atoms with van der Waals surface area (Å²) in [6, 6.07) is 3.37. The number of rotatable bonds is 3. The summed E-state index contributed by atoms with van der Waals surface area (Å²) >= 11 is 0. The van der Waals surface area contributed by atoms with Gasteiger partial charge in [-0.1, -0.05) is 34.1 Å². The second kappa shape index (κ2) is 12.9. The largest absolute Gasteiger partial charge is 0.341 e. The number of anilines is 2. The van der Waals surface area contributed by atoms with E-state index < -0.39 is 6.43 Å². The normalized spacial score (nSPS) is 14.2. The Kier molecular flexibility index (Phi) is 9.88. The number of amides is 2. The molecule has 3 aromatic rings. The fourth-order valence-electron chi connectivity index (χ4n) is 4.98. The van der Waals surface area contributed by atoms with Crippen LogP contribution in [0.25, 0.3) is 11.1 Å². The molecular weight excluding hydrogens is 488 g/mol. The molecule has 2 aliphatic heterocycles. The number of urea groups is 1. The Morgan fingerprint density at radius 2 is 1.84 bits per heavy atom. The lowest BCUT2D eigenvalue weighted by molar-refractivity contribution is 0.152. The number of carbonyl (C=O) groups is 1. The summed E-state index contributed by atoms with van der Waals surface area (Å²) in [6.07, 6.45) is 4.42. The molecule has 2 amide bonds. The maximum atomic E-state index is 14.2. The lowest BCUT2D eigenvalue weighted by atomic mass is 9.92. The highest BCUT2D eigenvalue weighted by molar-refractivity contribution is 5.78. The first-order valence-corrected chi connectivity index (χ1v) is 13.5. The summed E-state index contributed by atoms with van der Waals surface area (Å²) in [4.78, 5) is 16.1. The van der Waals surface area contributed by atoms with E-state index in [4.69, 9.17) is 5.10 Å². The van der Waals surface area contributed by atoms with E-state index in [-0.39, 0.29) is 11.6 Å². The molecule has 2 aromatic heterocycles. The van der Waals surface area contributed by atoms with E-state index in [1.165, 1.54) is 6.42 Å². The zero-order chi connectivity index (χ0) is 28.0. The van der Waals surface area contributed by atoms with Crippen LogP contribution in [-0.4, -0.2) is 50.6 Å². The van der Waals surface area contributed by atoms with Gasteiger partial charge in [0.1, 0.15) is 0 Å². The van der Waals surface area contributed by atoms with Gasteiger partial charge in [0, 0.05) is 74.9 Å². The Hall–Kier alpha value is -3.43. The minimum absolute atomic E-state index is 0.00886. The number of hydrogen-bond donors (Lipinski definition) is 1. The number of hydrogen-bond acceptors (Lipinski definition) is 4. The molecule has 0 saturated heterocycles. The molecule has 4 heterocycles. The summed E-state index contributed by atoms with van der Waals surface area (Å²) in [5.41, 5.74) is 5.04. The van der Waals surface area contributed by atoms with E-state index >= 15 is 0 Å². The molecule has 0 aliphatic carbocycles. The highest BCUT2D eigenvalue weighted by Gasteiger charge is 2.32. The number of fused-ring (bicyclic) bond motifs is 2. The first kappa shape index (κ1) is 29.1. The van der Waals surface area contributed by atoms with Gasteiger partial charge in [0.25, 0.3) is 6.43 Å². The van der Waals surface area contributed by atoms with Crippen molar-refractivity contribution in [1.29, 1.82) is 0 Å². The van der Waals surface area contributed by atoms with Gasteiger partial charge in [0.05, 0.1) is 12.7 Å². The summed E-state index contributed by atoms with van der Waals surface area (Å²) < 4.78 is 31.8. The lowest BCUT2D eigenvalue weighted by Crippen LogP contribution is -2.41. The van der Waals surface area contributed by atoms with E-state index in [9.17, 15) is 13.6 Å². The molecule has 2 aliphatic rings. The van der Waals surface area contributed by atoms with E-state index in [0.29, 0.717) is 37.2 Å². The van der Waals surface area contributed by atoms with Gasteiger partial charge in [0.2, 0.25) is 0 Å². The fourth-order valence-corrected chi connectivity index (χ4v) is 4.98. The number of aryl methyl sites for hydroxylation is 3. The average Bonchev–Trinajstić information content (AvgIpc) is 3.51. The molecule has 0 unspecified atom stereocenters.